The van der Waals surface area contributed by atoms with Gasteiger partial charge in [-0.05, 0) is 13.0 Å². The van der Waals surface area contributed by atoms with Crippen molar-refractivity contribution in [2.45, 2.75) is 39.7 Å². The van der Waals surface area contributed by atoms with Crippen LogP contribution in [0.2, 0.25) is 0 Å². The van der Waals surface area contributed by atoms with Gasteiger partial charge in [0.15, 0.2) is 0 Å². The largest absolute Gasteiger partial charge is 0.268 e. The lowest BCUT2D eigenvalue weighted by Gasteiger charge is -2.18. The second-order valence-electron chi connectivity index (χ2n) is 5.18. The molecule has 0 spiro atoms. The Kier molecular flexibility index (Phi) is 3.30. The monoisotopic (exact) mass is 264 g/mol. The molecule has 0 saturated heterocycles. The van der Waals surface area contributed by atoms with E-state index >= 15 is 0 Å². The molecule has 0 atom stereocenters. The van der Waals surface area contributed by atoms with Gasteiger partial charge in [-0.2, -0.15) is 5.10 Å². The first-order chi connectivity index (χ1) is 8.36. The van der Waals surface area contributed by atoms with Crippen LogP contribution in [0, 0.1) is 6.92 Å². The molecule has 96 valence electrons. The first kappa shape index (κ1) is 12.9. The third-order valence-electron chi connectivity index (χ3n) is 2.49. The van der Waals surface area contributed by atoms with Gasteiger partial charge >= 0.3 is 0 Å². The van der Waals surface area contributed by atoms with E-state index < -0.39 is 0 Å². The average molecular weight is 264 g/mol. The zero-order chi connectivity index (χ0) is 13.3. The van der Waals surface area contributed by atoms with Gasteiger partial charge < -0.3 is 0 Å². The molecule has 0 N–H and O–H groups in total. The summed E-state index contributed by atoms with van der Waals surface area (Å²) in [5.41, 5.74) is 0.700. The molecular formula is C12H16N4OS. The van der Waals surface area contributed by atoms with Crippen LogP contribution in [0.25, 0.3) is 0 Å². The second-order valence-corrected chi connectivity index (χ2v) is 6.45. The lowest BCUT2D eigenvalue weighted by atomic mass is 9.92. The molecule has 0 bridgehead atoms. The minimum Gasteiger partial charge on any atom is -0.268 e. The third-order valence-corrected chi connectivity index (χ3v) is 3.31. The first-order valence-corrected chi connectivity index (χ1v) is 6.55. The lowest BCUT2D eigenvalue weighted by molar-refractivity contribution is 0.516. The fourth-order valence-electron chi connectivity index (χ4n) is 1.49. The van der Waals surface area contributed by atoms with E-state index in [1.807, 2.05) is 6.92 Å². The highest BCUT2D eigenvalue weighted by Gasteiger charge is 2.17. The minimum absolute atomic E-state index is 0.0769. The maximum absolute atomic E-state index is 11.8. The predicted molar refractivity (Wildman–Crippen MR) is 70.9 cm³/mol. The molecule has 0 radical (unpaired) electrons. The van der Waals surface area contributed by atoms with E-state index in [0.29, 0.717) is 6.54 Å². The fraction of sp³-hybridized carbons (Fsp3) is 0.500. The summed E-state index contributed by atoms with van der Waals surface area (Å²) in [5, 5.41) is 14.0. The Balaban J connectivity index is 2.35. The van der Waals surface area contributed by atoms with Gasteiger partial charge in [0.2, 0.25) is 0 Å². The number of aromatic nitrogens is 4. The van der Waals surface area contributed by atoms with Crippen LogP contribution in [0.15, 0.2) is 16.9 Å². The van der Waals surface area contributed by atoms with Crippen molar-refractivity contribution in [3.05, 3.63) is 38.2 Å². The Morgan fingerprint density at radius 3 is 2.56 bits per heavy atom. The maximum atomic E-state index is 11.8. The number of hydrogen-bond donors (Lipinski definition) is 0. The molecule has 6 heteroatoms. The standard InChI is InChI=1S/C12H16N4OS/c1-8-13-14-10(18-8)7-16-11(17)6-5-9(15-16)12(2,3)4/h5-6H,7H2,1-4H3. The zero-order valence-electron chi connectivity index (χ0n) is 11.0. The van der Waals surface area contributed by atoms with E-state index in [4.69, 9.17) is 0 Å². The number of aryl methyl sites for hydroxylation is 1. The molecule has 0 fully saturated rings. The third kappa shape index (κ3) is 2.81. The summed E-state index contributed by atoms with van der Waals surface area (Å²) in [6.07, 6.45) is 0. The summed E-state index contributed by atoms with van der Waals surface area (Å²) >= 11 is 1.48. The molecule has 2 rings (SSSR count). The normalized spacial score (nSPS) is 11.8. The Morgan fingerprint density at radius 2 is 2.00 bits per heavy atom. The molecule has 0 aliphatic carbocycles. The van der Waals surface area contributed by atoms with E-state index in [1.165, 1.54) is 16.0 Å². The number of rotatable bonds is 2. The van der Waals surface area contributed by atoms with Gasteiger partial charge in [-0.25, -0.2) is 4.68 Å². The second kappa shape index (κ2) is 4.61. The minimum atomic E-state index is -0.115. The lowest BCUT2D eigenvalue weighted by Crippen LogP contribution is -2.27. The van der Waals surface area contributed by atoms with E-state index in [9.17, 15) is 4.79 Å². The van der Waals surface area contributed by atoms with Crippen LogP contribution in [0.1, 0.15) is 36.5 Å². The zero-order valence-corrected chi connectivity index (χ0v) is 11.8. The molecule has 0 aliphatic heterocycles. The van der Waals surface area contributed by atoms with Crippen molar-refractivity contribution < 1.29 is 0 Å². The molecular weight excluding hydrogens is 248 g/mol. The van der Waals surface area contributed by atoms with Gasteiger partial charge in [0.1, 0.15) is 10.0 Å². The Morgan fingerprint density at radius 1 is 1.28 bits per heavy atom. The SMILES string of the molecule is Cc1nnc(Cn2nc(C(C)(C)C)ccc2=O)s1. The number of nitrogens with zero attached hydrogens (tertiary/aromatic N) is 4. The topological polar surface area (TPSA) is 60.7 Å². The van der Waals surface area contributed by atoms with Crippen molar-refractivity contribution in [3.8, 4) is 0 Å². The summed E-state index contributed by atoms with van der Waals surface area (Å²) in [6, 6.07) is 3.34. The molecule has 0 aliphatic rings. The van der Waals surface area contributed by atoms with Crippen molar-refractivity contribution in [1.29, 1.82) is 0 Å². The molecule has 2 aromatic heterocycles. The molecule has 2 aromatic rings. The van der Waals surface area contributed by atoms with E-state index in [1.54, 1.807) is 12.1 Å². The highest BCUT2D eigenvalue weighted by atomic mass is 32.1. The van der Waals surface area contributed by atoms with Crippen molar-refractivity contribution in [3.63, 3.8) is 0 Å². The van der Waals surface area contributed by atoms with Crippen LogP contribution in [0.5, 0.6) is 0 Å². The summed E-state index contributed by atoms with van der Waals surface area (Å²) < 4.78 is 1.44. The highest BCUT2D eigenvalue weighted by molar-refractivity contribution is 7.11. The van der Waals surface area contributed by atoms with Crippen LogP contribution >= 0.6 is 11.3 Å². The van der Waals surface area contributed by atoms with Gasteiger partial charge in [0.05, 0.1) is 12.2 Å². The summed E-state index contributed by atoms with van der Waals surface area (Å²) in [4.78, 5) is 11.8. The van der Waals surface area contributed by atoms with Crippen molar-refractivity contribution >= 4 is 11.3 Å². The average Bonchev–Trinajstić information content (AvgIpc) is 2.66. The smallest absolute Gasteiger partial charge is 0.267 e. The van der Waals surface area contributed by atoms with Crippen LogP contribution in [-0.4, -0.2) is 20.0 Å². The van der Waals surface area contributed by atoms with Crippen molar-refractivity contribution in [2.24, 2.45) is 0 Å². The van der Waals surface area contributed by atoms with Crippen LogP contribution in [0.3, 0.4) is 0 Å². The van der Waals surface area contributed by atoms with Crippen LogP contribution < -0.4 is 5.56 Å². The summed E-state index contributed by atoms with van der Waals surface area (Å²) in [7, 11) is 0. The predicted octanol–water partition coefficient (Wildman–Crippen LogP) is 1.75. The van der Waals surface area contributed by atoms with Crippen molar-refractivity contribution in [2.75, 3.05) is 0 Å². The van der Waals surface area contributed by atoms with Crippen LogP contribution in [0.4, 0.5) is 0 Å². The van der Waals surface area contributed by atoms with E-state index in [0.717, 1.165) is 15.7 Å². The maximum Gasteiger partial charge on any atom is 0.267 e. The van der Waals surface area contributed by atoms with Crippen molar-refractivity contribution in [1.82, 2.24) is 20.0 Å². The van der Waals surface area contributed by atoms with Gasteiger partial charge in [-0.15, -0.1) is 10.2 Å². The van der Waals surface area contributed by atoms with Gasteiger partial charge in [0, 0.05) is 11.5 Å². The highest BCUT2D eigenvalue weighted by Crippen LogP contribution is 2.18. The quantitative estimate of drug-likeness (QED) is 0.829. The molecule has 0 amide bonds. The van der Waals surface area contributed by atoms with Gasteiger partial charge in [-0.1, -0.05) is 32.1 Å². The molecule has 0 aromatic carbocycles. The Labute approximate surface area is 110 Å². The molecule has 0 unspecified atom stereocenters. The molecule has 2 heterocycles. The van der Waals surface area contributed by atoms with Crippen LogP contribution in [-0.2, 0) is 12.0 Å². The molecule has 0 saturated carbocycles. The van der Waals surface area contributed by atoms with Gasteiger partial charge in [0.25, 0.3) is 5.56 Å². The van der Waals surface area contributed by atoms with Gasteiger partial charge in [-0.3, -0.25) is 4.79 Å². The Hall–Kier alpha value is -1.56. The molecule has 5 nitrogen and oxygen atoms in total. The van der Waals surface area contributed by atoms with E-state index in [-0.39, 0.29) is 11.0 Å². The molecule has 18 heavy (non-hydrogen) atoms. The number of hydrogen-bond acceptors (Lipinski definition) is 5. The fourth-order valence-corrected chi connectivity index (χ4v) is 2.18. The Bertz CT molecular complexity index is 609. The summed E-state index contributed by atoms with van der Waals surface area (Å²) in [5.74, 6) is 0. The van der Waals surface area contributed by atoms with E-state index in [2.05, 4.69) is 36.1 Å². The summed E-state index contributed by atoms with van der Waals surface area (Å²) in [6.45, 7) is 8.48. The first-order valence-electron chi connectivity index (χ1n) is 5.74.